The van der Waals surface area contributed by atoms with E-state index in [4.69, 9.17) is 4.74 Å². The Morgan fingerprint density at radius 1 is 1.24 bits per heavy atom. The van der Waals surface area contributed by atoms with Gasteiger partial charge in [-0.3, -0.25) is 4.79 Å². The van der Waals surface area contributed by atoms with Crippen LogP contribution < -0.4 is 15.4 Å². The van der Waals surface area contributed by atoms with E-state index in [1.807, 2.05) is 59.1 Å². The number of carbonyl (C=O) groups excluding carboxylic acids is 1. The van der Waals surface area contributed by atoms with Crippen LogP contribution in [0.15, 0.2) is 24.3 Å². The van der Waals surface area contributed by atoms with Crippen LogP contribution in [0.4, 0.5) is 5.69 Å². The number of nitrogens with one attached hydrogen (secondary N) is 2. The van der Waals surface area contributed by atoms with Crippen LogP contribution in [0.2, 0.25) is 0 Å². The molecule has 1 amide bonds. The second-order valence-corrected chi connectivity index (χ2v) is 5.79. The van der Waals surface area contributed by atoms with E-state index in [1.165, 1.54) is 0 Å². The molecule has 0 fully saturated rings. The molecule has 0 aliphatic carbocycles. The molecule has 5 heteroatoms. The number of amides is 1. The molecule has 1 aromatic rings. The van der Waals surface area contributed by atoms with Crippen LogP contribution >= 0.6 is 0 Å². The molecule has 5 nitrogen and oxygen atoms in total. The average Bonchev–Trinajstić information content (AvgIpc) is 2.40. The molecule has 0 aliphatic rings. The quantitative estimate of drug-likeness (QED) is 0.769. The number of anilines is 1. The lowest BCUT2D eigenvalue weighted by atomic mass is 10.0. The zero-order valence-electron chi connectivity index (χ0n) is 13.7. The van der Waals surface area contributed by atoms with Crippen LogP contribution in [-0.2, 0) is 4.79 Å². The zero-order valence-corrected chi connectivity index (χ0v) is 13.7. The van der Waals surface area contributed by atoms with E-state index in [0.717, 1.165) is 24.5 Å². The van der Waals surface area contributed by atoms with Gasteiger partial charge in [-0.05, 0) is 58.8 Å². The van der Waals surface area contributed by atoms with E-state index in [2.05, 4.69) is 15.5 Å². The van der Waals surface area contributed by atoms with E-state index >= 15 is 0 Å². The van der Waals surface area contributed by atoms with Gasteiger partial charge in [0.1, 0.15) is 12.4 Å². The Balaban J connectivity index is 2.52. The molecular formula is C16H27N3O2. The lowest BCUT2D eigenvalue weighted by Crippen LogP contribution is -2.49. The molecule has 1 rings (SSSR count). The van der Waals surface area contributed by atoms with Gasteiger partial charge in [0.15, 0.2) is 0 Å². The molecule has 0 aliphatic heterocycles. The minimum Gasteiger partial charge on any atom is -0.492 e. The third-order valence-corrected chi connectivity index (χ3v) is 3.11. The van der Waals surface area contributed by atoms with Crippen molar-refractivity contribution < 1.29 is 9.53 Å². The van der Waals surface area contributed by atoms with Gasteiger partial charge < -0.3 is 20.3 Å². The summed E-state index contributed by atoms with van der Waals surface area (Å²) in [6.45, 7) is 7.98. The smallest absolute Gasteiger partial charge is 0.244 e. The maximum absolute atomic E-state index is 12.1. The average molecular weight is 293 g/mol. The van der Waals surface area contributed by atoms with Crippen molar-refractivity contribution in [2.75, 3.05) is 39.1 Å². The summed E-state index contributed by atoms with van der Waals surface area (Å²) in [6.07, 6.45) is 0. The summed E-state index contributed by atoms with van der Waals surface area (Å²) in [5, 5.41) is 6.05. The number of likely N-dealkylation sites (N-methyl/N-ethyl adjacent to an activating group) is 2. The molecule has 1 aromatic carbocycles. The number of hydrogen-bond acceptors (Lipinski definition) is 4. The van der Waals surface area contributed by atoms with Crippen LogP contribution in [-0.4, -0.2) is 50.1 Å². The van der Waals surface area contributed by atoms with Crippen molar-refractivity contribution in [3.05, 3.63) is 24.3 Å². The summed E-state index contributed by atoms with van der Waals surface area (Å²) in [5.74, 6) is 0.756. The van der Waals surface area contributed by atoms with Gasteiger partial charge in [0.25, 0.3) is 0 Å². The number of carbonyl (C=O) groups is 1. The van der Waals surface area contributed by atoms with E-state index < -0.39 is 5.54 Å². The van der Waals surface area contributed by atoms with Crippen molar-refractivity contribution >= 4 is 11.6 Å². The normalized spacial score (nSPS) is 11.5. The molecule has 0 saturated carbocycles. The van der Waals surface area contributed by atoms with Crippen molar-refractivity contribution in [3.8, 4) is 5.75 Å². The first kappa shape index (κ1) is 17.5. The Bertz CT molecular complexity index is 441. The molecule has 118 valence electrons. The molecule has 0 heterocycles. The second-order valence-electron chi connectivity index (χ2n) is 5.79. The van der Waals surface area contributed by atoms with Crippen LogP contribution in [0.3, 0.4) is 0 Å². The number of rotatable bonds is 8. The number of ether oxygens (including phenoxy) is 1. The highest BCUT2D eigenvalue weighted by Crippen LogP contribution is 2.17. The minimum absolute atomic E-state index is 0.0503. The van der Waals surface area contributed by atoms with Gasteiger partial charge >= 0.3 is 0 Å². The summed E-state index contributed by atoms with van der Waals surface area (Å²) in [6, 6.07) is 7.44. The van der Waals surface area contributed by atoms with Crippen molar-refractivity contribution in [1.29, 1.82) is 0 Å². The SMILES string of the molecule is CCNC(C)(C)C(=O)Nc1ccc(OCCN(C)C)cc1. The fourth-order valence-electron chi connectivity index (χ4n) is 1.79. The molecule has 0 spiro atoms. The number of nitrogens with zero attached hydrogens (tertiary/aromatic N) is 1. The maximum Gasteiger partial charge on any atom is 0.244 e. The van der Waals surface area contributed by atoms with Crippen molar-refractivity contribution in [1.82, 2.24) is 10.2 Å². The Hall–Kier alpha value is -1.59. The van der Waals surface area contributed by atoms with E-state index in [-0.39, 0.29) is 5.91 Å². The summed E-state index contributed by atoms with van der Waals surface area (Å²) in [4.78, 5) is 14.2. The summed E-state index contributed by atoms with van der Waals surface area (Å²) < 4.78 is 5.62. The highest BCUT2D eigenvalue weighted by Gasteiger charge is 2.25. The Morgan fingerprint density at radius 2 is 1.86 bits per heavy atom. The fraction of sp³-hybridized carbons (Fsp3) is 0.562. The molecular weight excluding hydrogens is 266 g/mol. The van der Waals surface area contributed by atoms with E-state index in [1.54, 1.807) is 0 Å². The van der Waals surface area contributed by atoms with Crippen molar-refractivity contribution in [2.45, 2.75) is 26.3 Å². The van der Waals surface area contributed by atoms with Gasteiger partial charge in [-0.2, -0.15) is 0 Å². The molecule has 2 N–H and O–H groups in total. The van der Waals surface area contributed by atoms with Gasteiger partial charge in [0, 0.05) is 12.2 Å². The molecule has 0 saturated heterocycles. The Labute approximate surface area is 127 Å². The summed E-state index contributed by atoms with van der Waals surface area (Å²) in [5.41, 5.74) is 0.182. The molecule has 0 aromatic heterocycles. The Kier molecular flexibility index (Phi) is 6.65. The molecule has 21 heavy (non-hydrogen) atoms. The Morgan fingerprint density at radius 3 is 2.38 bits per heavy atom. The highest BCUT2D eigenvalue weighted by atomic mass is 16.5. The van der Waals surface area contributed by atoms with Crippen molar-refractivity contribution in [3.63, 3.8) is 0 Å². The standard InChI is InChI=1S/C16H27N3O2/c1-6-17-16(2,3)15(20)18-13-7-9-14(10-8-13)21-12-11-19(4)5/h7-10,17H,6,11-12H2,1-5H3,(H,18,20). The van der Waals surface area contributed by atoms with Gasteiger partial charge in [-0.15, -0.1) is 0 Å². The predicted molar refractivity (Wildman–Crippen MR) is 86.9 cm³/mol. The van der Waals surface area contributed by atoms with Gasteiger partial charge in [0.2, 0.25) is 5.91 Å². The first-order chi connectivity index (χ1) is 9.85. The monoisotopic (exact) mass is 293 g/mol. The molecule has 0 bridgehead atoms. The summed E-state index contributed by atoms with van der Waals surface area (Å²) in [7, 11) is 4.02. The summed E-state index contributed by atoms with van der Waals surface area (Å²) >= 11 is 0. The van der Waals surface area contributed by atoms with E-state index in [0.29, 0.717) is 6.61 Å². The first-order valence-electron chi connectivity index (χ1n) is 7.29. The zero-order chi connectivity index (χ0) is 15.9. The third-order valence-electron chi connectivity index (χ3n) is 3.11. The first-order valence-corrected chi connectivity index (χ1v) is 7.29. The maximum atomic E-state index is 12.1. The third kappa shape index (κ3) is 6.14. The second kappa shape index (κ2) is 8.00. The van der Waals surface area contributed by atoms with Gasteiger partial charge in [-0.25, -0.2) is 0 Å². The van der Waals surface area contributed by atoms with Gasteiger partial charge in [-0.1, -0.05) is 6.92 Å². The predicted octanol–water partition coefficient (Wildman–Crippen LogP) is 1.95. The minimum atomic E-state index is -0.588. The molecule has 0 atom stereocenters. The molecule has 0 radical (unpaired) electrons. The fourth-order valence-corrected chi connectivity index (χ4v) is 1.79. The molecule has 0 unspecified atom stereocenters. The van der Waals surface area contributed by atoms with Crippen LogP contribution in [0.5, 0.6) is 5.75 Å². The van der Waals surface area contributed by atoms with Crippen LogP contribution in [0.25, 0.3) is 0 Å². The largest absolute Gasteiger partial charge is 0.492 e. The van der Waals surface area contributed by atoms with Gasteiger partial charge in [0.05, 0.1) is 5.54 Å². The highest BCUT2D eigenvalue weighted by molar-refractivity contribution is 5.97. The van der Waals surface area contributed by atoms with Crippen LogP contribution in [0, 0.1) is 0 Å². The topological polar surface area (TPSA) is 53.6 Å². The van der Waals surface area contributed by atoms with E-state index in [9.17, 15) is 4.79 Å². The lowest BCUT2D eigenvalue weighted by molar-refractivity contribution is -0.121. The lowest BCUT2D eigenvalue weighted by Gasteiger charge is -2.24. The van der Waals surface area contributed by atoms with Crippen molar-refractivity contribution in [2.24, 2.45) is 0 Å². The number of hydrogen-bond donors (Lipinski definition) is 2. The number of benzene rings is 1. The van der Waals surface area contributed by atoms with Crippen LogP contribution in [0.1, 0.15) is 20.8 Å².